The first-order chi connectivity index (χ1) is 9.80. The molecule has 122 valence electrons. The van der Waals surface area contributed by atoms with Crippen molar-refractivity contribution in [3.05, 3.63) is 0 Å². The second-order valence-electron chi connectivity index (χ2n) is 6.79. The second kappa shape index (κ2) is 8.34. The standard InChI is InChI=1S/C15H30N4O2/c1-5-19(10-12-7-6-8-16-9-12)11-13(20)17-14(21)18-15(2,3)4/h12,16H,5-11H2,1-4H3,(H2,17,18,20,21). The maximum absolute atomic E-state index is 11.9. The van der Waals surface area contributed by atoms with Crippen LogP contribution in [0.2, 0.25) is 0 Å². The molecular formula is C15H30N4O2. The van der Waals surface area contributed by atoms with Crippen LogP contribution in [0.25, 0.3) is 0 Å². The number of nitrogens with zero attached hydrogens (tertiary/aromatic N) is 1. The van der Waals surface area contributed by atoms with Gasteiger partial charge in [-0.05, 0) is 59.2 Å². The van der Waals surface area contributed by atoms with Gasteiger partial charge in [-0.1, -0.05) is 6.92 Å². The van der Waals surface area contributed by atoms with Crippen molar-refractivity contribution in [2.45, 2.75) is 46.1 Å². The van der Waals surface area contributed by atoms with Crippen molar-refractivity contribution >= 4 is 11.9 Å². The Kier molecular flexibility index (Phi) is 7.11. The van der Waals surface area contributed by atoms with Gasteiger partial charge in [0.15, 0.2) is 0 Å². The number of hydrogen-bond acceptors (Lipinski definition) is 4. The Morgan fingerprint density at radius 3 is 2.57 bits per heavy atom. The Balaban J connectivity index is 2.34. The Morgan fingerprint density at radius 2 is 2.05 bits per heavy atom. The summed E-state index contributed by atoms with van der Waals surface area (Å²) in [6.07, 6.45) is 2.40. The third kappa shape index (κ3) is 8.02. The van der Waals surface area contributed by atoms with Gasteiger partial charge < -0.3 is 10.6 Å². The highest BCUT2D eigenvalue weighted by Crippen LogP contribution is 2.11. The van der Waals surface area contributed by atoms with Crippen molar-refractivity contribution in [1.29, 1.82) is 0 Å². The number of carbonyl (C=O) groups is 2. The first-order valence-electron chi connectivity index (χ1n) is 7.85. The Bertz CT molecular complexity index is 346. The lowest BCUT2D eigenvalue weighted by molar-refractivity contribution is -0.121. The molecule has 1 saturated heterocycles. The Morgan fingerprint density at radius 1 is 1.33 bits per heavy atom. The molecule has 1 heterocycles. The van der Waals surface area contributed by atoms with Crippen molar-refractivity contribution in [2.75, 3.05) is 32.7 Å². The predicted molar refractivity (Wildman–Crippen MR) is 84.1 cm³/mol. The molecular weight excluding hydrogens is 268 g/mol. The van der Waals surface area contributed by atoms with Crippen molar-refractivity contribution in [3.63, 3.8) is 0 Å². The largest absolute Gasteiger partial charge is 0.333 e. The molecule has 0 bridgehead atoms. The molecule has 1 rings (SSSR count). The van der Waals surface area contributed by atoms with E-state index in [0.29, 0.717) is 5.92 Å². The molecule has 0 radical (unpaired) electrons. The SMILES string of the molecule is CCN(CC(=O)NC(=O)NC(C)(C)C)CC1CCCNC1. The van der Waals surface area contributed by atoms with Crippen molar-refractivity contribution in [2.24, 2.45) is 5.92 Å². The highest BCUT2D eigenvalue weighted by Gasteiger charge is 2.20. The topological polar surface area (TPSA) is 73.5 Å². The zero-order chi connectivity index (χ0) is 15.9. The van der Waals surface area contributed by atoms with Gasteiger partial charge in [0.05, 0.1) is 6.54 Å². The third-order valence-electron chi connectivity index (χ3n) is 3.47. The summed E-state index contributed by atoms with van der Waals surface area (Å²) in [7, 11) is 0. The van der Waals surface area contributed by atoms with Gasteiger partial charge in [-0.3, -0.25) is 15.0 Å². The van der Waals surface area contributed by atoms with E-state index in [-0.39, 0.29) is 18.0 Å². The van der Waals surface area contributed by atoms with Crippen LogP contribution in [0.1, 0.15) is 40.5 Å². The number of urea groups is 1. The lowest BCUT2D eigenvalue weighted by Crippen LogP contribution is -2.51. The molecule has 6 nitrogen and oxygen atoms in total. The lowest BCUT2D eigenvalue weighted by atomic mass is 9.99. The first kappa shape index (κ1) is 17.9. The quantitative estimate of drug-likeness (QED) is 0.706. The van der Waals surface area contributed by atoms with Gasteiger partial charge >= 0.3 is 6.03 Å². The summed E-state index contributed by atoms with van der Waals surface area (Å²) in [4.78, 5) is 25.7. The van der Waals surface area contributed by atoms with Gasteiger partial charge in [-0.2, -0.15) is 0 Å². The molecule has 1 atom stereocenters. The van der Waals surface area contributed by atoms with Crippen LogP contribution in [0.3, 0.4) is 0 Å². The molecule has 0 saturated carbocycles. The van der Waals surface area contributed by atoms with E-state index in [2.05, 4.69) is 20.9 Å². The second-order valence-corrected chi connectivity index (χ2v) is 6.79. The van der Waals surface area contributed by atoms with Crippen LogP contribution in [0.5, 0.6) is 0 Å². The van der Waals surface area contributed by atoms with Crippen molar-refractivity contribution < 1.29 is 9.59 Å². The average molecular weight is 298 g/mol. The number of likely N-dealkylation sites (N-methyl/N-ethyl adjacent to an activating group) is 1. The fourth-order valence-electron chi connectivity index (χ4n) is 2.49. The van der Waals surface area contributed by atoms with Gasteiger partial charge in [0.2, 0.25) is 5.91 Å². The summed E-state index contributed by atoms with van der Waals surface area (Å²) >= 11 is 0. The highest BCUT2D eigenvalue weighted by atomic mass is 16.2. The minimum absolute atomic E-state index is 0.248. The predicted octanol–water partition coefficient (Wildman–Crippen LogP) is 0.932. The molecule has 0 spiro atoms. The molecule has 6 heteroatoms. The number of imide groups is 1. The van der Waals surface area contributed by atoms with E-state index >= 15 is 0 Å². The minimum Gasteiger partial charge on any atom is -0.333 e. The van der Waals surface area contributed by atoms with E-state index in [1.807, 2.05) is 27.7 Å². The zero-order valence-corrected chi connectivity index (χ0v) is 13.8. The summed E-state index contributed by atoms with van der Waals surface area (Å²) in [5.74, 6) is 0.345. The van der Waals surface area contributed by atoms with Gasteiger partial charge in [0.25, 0.3) is 0 Å². The molecule has 3 N–H and O–H groups in total. The molecule has 1 aliphatic rings. The van der Waals surface area contributed by atoms with E-state index in [1.165, 1.54) is 12.8 Å². The number of piperidine rings is 1. The van der Waals surface area contributed by atoms with Gasteiger partial charge in [0.1, 0.15) is 0 Å². The highest BCUT2D eigenvalue weighted by molar-refractivity contribution is 5.95. The minimum atomic E-state index is -0.428. The number of carbonyl (C=O) groups excluding carboxylic acids is 2. The molecule has 0 aromatic carbocycles. The summed E-state index contributed by atoms with van der Waals surface area (Å²) in [5.41, 5.74) is -0.345. The van der Waals surface area contributed by atoms with E-state index in [1.54, 1.807) is 0 Å². The lowest BCUT2D eigenvalue weighted by Gasteiger charge is -2.29. The molecule has 0 aromatic rings. The van der Waals surface area contributed by atoms with Gasteiger partial charge in [0, 0.05) is 12.1 Å². The number of amides is 3. The van der Waals surface area contributed by atoms with E-state index < -0.39 is 6.03 Å². The average Bonchev–Trinajstić information content (AvgIpc) is 2.36. The van der Waals surface area contributed by atoms with Crippen LogP contribution >= 0.6 is 0 Å². The maximum Gasteiger partial charge on any atom is 0.321 e. The van der Waals surface area contributed by atoms with Crippen LogP contribution in [0.4, 0.5) is 4.79 Å². The van der Waals surface area contributed by atoms with Crippen molar-refractivity contribution in [1.82, 2.24) is 20.9 Å². The molecule has 0 aromatic heterocycles. The van der Waals surface area contributed by atoms with Crippen LogP contribution in [-0.4, -0.2) is 55.1 Å². The Hall–Kier alpha value is -1.14. The van der Waals surface area contributed by atoms with Crippen molar-refractivity contribution in [3.8, 4) is 0 Å². The molecule has 1 aliphatic heterocycles. The summed E-state index contributed by atoms with van der Waals surface area (Å²) in [6, 6.07) is -0.428. The summed E-state index contributed by atoms with van der Waals surface area (Å²) in [6.45, 7) is 11.8. The summed E-state index contributed by atoms with van der Waals surface area (Å²) < 4.78 is 0. The fourth-order valence-corrected chi connectivity index (χ4v) is 2.49. The summed E-state index contributed by atoms with van der Waals surface area (Å²) in [5, 5.41) is 8.50. The Labute approximate surface area is 128 Å². The molecule has 3 amide bonds. The molecule has 1 unspecified atom stereocenters. The van der Waals surface area contributed by atoms with Crippen LogP contribution in [-0.2, 0) is 4.79 Å². The van der Waals surface area contributed by atoms with Crippen LogP contribution in [0, 0.1) is 5.92 Å². The molecule has 21 heavy (non-hydrogen) atoms. The number of hydrogen-bond donors (Lipinski definition) is 3. The maximum atomic E-state index is 11.9. The third-order valence-corrected chi connectivity index (χ3v) is 3.47. The van der Waals surface area contributed by atoms with Gasteiger partial charge in [-0.25, -0.2) is 4.79 Å². The van der Waals surface area contributed by atoms with Crippen LogP contribution in [0.15, 0.2) is 0 Å². The normalized spacial score (nSPS) is 19.4. The first-order valence-corrected chi connectivity index (χ1v) is 7.85. The van der Waals surface area contributed by atoms with E-state index in [9.17, 15) is 9.59 Å². The van der Waals surface area contributed by atoms with E-state index in [4.69, 9.17) is 0 Å². The van der Waals surface area contributed by atoms with Crippen LogP contribution < -0.4 is 16.0 Å². The van der Waals surface area contributed by atoms with Gasteiger partial charge in [-0.15, -0.1) is 0 Å². The number of nitrogens with one attached hydrogen (secondary N) is 3. The molecule has 0 aliphatic carbocycles. The fraction of sp³-hybridized carbons (Fsp3) is 0.867. The number of rotatable bonds is 5. The smallest absolute Gasteiger partial charge is 0.321 e. The molecule has 1 fully saturated rings. The zero-order valence-electron chi connectivity index (χ0n) is 13.8. The van der Waals surface area contributed by atoms with E-state index in [0.717, 1.165) is 26.2 Å². The monoisotopic (exact) mass is 298 g/mol.